The van der Waals surface area contributed by atoms with Crippen LogP contribution in [-0.2, 0) is 4.79 Å². The Hall–Kier alpha value is -2.86. The van der Waals surface area contributed by atoms with Crippen LogP contribution in [0, 0.1) is 29.1 Å². The van der Waals surface area contributed by atoms with Gasteiger partial charge in [-0.25, -0.2) is 4.98 Å². The fraction of sp³-hybridized carbons (Fsp3) is 0.304. The third-order valence-electron chi connectivity index (χ3n) is 4.84. The molecule has 0 unspecified atom stereocenters. The van der Waals surface area contributed by atoms with Crippen molar-refractivity contribution in [3.05, 3.63) is 71.6 Å². The van der Waals surface area contributed by atoms with Crippen LogP contribution in [0.2, 0.25) is 0 Å². The Morgan fingerprint density at radius 1 is 1.15 bits per heavy atom. The molecule has 1 aliphatic carbocycles. The number of hydrogen-bond donors (Lipinski definition) is 1. The Labute approximate surface area is 155 Å². The van der Waals surface area contributed by atoms with E-state index in [1.165, 1.54) is 5.57 Å². The Kier molecular flexibility index (Phi) is 4.95. The van der Waals surface area contributed by atoms with Crippen molar-refractivity contribution in [3.63, 3.8) is 0 Å². The minimum Gasteiger partial charge on any atom is -0.326 e. The van der Waals surface area contributed by atoms with Crippen molar-refractivity contribution in [1.82, 2.24) is 4.98 Å². The second kappa shape index (κ2) is 7.17. The number of benzene rings is 1. The van der Waals surface area contributed by atoms with Gasteiger partial charge in [-0.05, 0) is 61.4 Å². The van der Waals surface area contributed by atoms with E-state index < -0.39 is 0 Å². The van der Waals surface area contributed by atoms with Crippen LogP contribution < -0.4 is 5.32 Å². The summed E-state index contributed by atoms with van der Waals surface area (Å²) in [7, 11) is 0. The molecule has 1 saturated carbocycles. The molecule has 0 spiro atoms. The molecule has 3 nitrogen and oxygen atoms in total. The normalized spacial score (nSPS) is 19.7. The maximum atomic E-state index is 12.7. The number of nitrogens with zero attached hydrogens (tertiary/aromatic N) is 1. The average Bonchev–Trinajstić information content (AvgIpc) is 3.14. The summed E-state index contributed by atoms with van der Waals surface area (Å²) in [6.45, 7) is 8.45. The van der Waals surface area contributed by atoms with Gasteiger partial charge < -0.3 is 5.32 Å². The minimum absolute atomic E-state index is 0.0117. The number of allylic oxidation sites excluding steroid dienone is 2. The highest BCUT2D eigenvalue weighted by atomic mass is 16.2. The zero-order chi connectivity index (χ0) is 18.7. The van der Waals surface area contributed by atoms with Crippen LogP contribution in [0.15, 0.2) is 60.3 Å². The number of nitrogens with one attached hydrogen (secondary N) is 1. The first-order valence-corrected chi connectivity index (χ1v) is 8.87. The van der Waals surface area contributed by atoms with Gasteiger partial charge in [0.2, 0.25) is 5.91 Å². The topological polar surface area (TPSA) is 42.0 Å². The van der Waals surface area contributed by atoms with Crippen LogP contribution in [0.3, 0.4) is 0 Å². The standard InChI is InChI=1S/C23H24N2O/c1-16(2)14-20-21(23(20,3)4)22(26)25-19-10-7-8-17(15-19)11-12-18-9-5-6-13-24-18/h5-10,13-15,20-21H,1-4H3,(H,25,26)/t20-,21-/m0/s1. The summed E-state index contributed by atoms with van der Waals surface area (Å²) >= 11 is 0. The summed E-state index contributed by atoms with van der Waals surface area (Å²) in [4.78, 5) is 16.9. The van der Waals surface area contributed by atoms with E-state index in [1.54, 1.807) is 6.20 Å². The van der Waals surface area contributed by atoms with Crippen LogP contribution in [0.1, 0.15) is 39.0 Å². The summed E-state index contributed by atoms with van der Waals surface area (Å²) in [5, 5.41) is 3.05. The Balaban J connectivity index is 1.71. The highest BCUT2D eigenvalue weighted by molar-refractivity contribution is 5.95. The smallest absolute Gasteiger partial charge is 0.228 e. The number of anilines is 1. The highest BCUT2D eigenvalue weighted by Crippen LogP contribution is 2.59. The summed E-state index contributed by atoms with van der Waals surface area (Å²) in [6.07, 6.45) is 3.93. The molecule has 26 heavy (non-hydrogen) atoms. The van der Waals surface area contributed by atoms with E-state index in [-0.39, 0.29) is 17.2 Å². The van der Waals surface area contributed by atoms with Crippen LogP contribution in [0.25, 0.3) is 0 Å². The molecule has 1 heterocycles. The lowest BCUT2D eigenvalue weighted by atomic mass is 10.1. The molecule has 0 bridgehead atoms. The van der Waals surface area contributed by atoms with E-state index in [0.29, 0.717) is 5.92 Å². The van der Waals surface area contributed by atoms with Crippen molar-refractivity contribution in [2.75, 3.05) is 5.32 Å². The molecule has 2 aromatic rings. The van der Waals surface area contributed by atoms with E-state index in [0.717, 1.165) is 16.9 Å². The quantitative estimate of drug-likeness (QED) is 0.650. The molecule has 1 aromatic carbocycles. The third kappa shape index (κ3) is 4.03. The van der Waals surface area contributed by atoms with Gasteiger partial charge in [0.15, 0.2) is 0 Å². The Morgan fingerprint density at radius 2 is 1.96 bits per heavy atom. The third-order valence-corrected chi connectivity index (χ3v) is 4.84. The molecule has 3 rings (SSSR count). The molecule has 2 atom stereocenters. The molecule has 1 fully saturated rings. The van der Waals surface area contributed by atoms with Gasteiger partial charge in [-0.3, -0.25) is 4.79 Å². The Bertz CT molecular complexity index is 897. The second-order valence-corrected chi connectivity index (χ2v) is 7.60. The van der Waals surface area contributed by atoms with Gasteiger partial charge in [0.1, 0.15) is 5.69 Å². The highest BCUT2D eigenvalue weighted by Gasteiger charge is 2.60. The fourth-order valence-corrected chi connectivity index (χ4v) is 3.32. The van der Waals surface area contributed by atoms with Gasteiger partial charge in [0.25, 0.3) is 0 Å². The molecule has 0 aliphatic heterocycles. The van der Waals surface area contributed by atoms with Crippen LogP contribution in [-0.4, -0.2) is 10.9 Å². The van der Waals surface area contributed by atoms with E-state index in [9.17, 15) is 4.79 Å². The summed E-state index contributed by atoms with van der Waals surface area (Å²) in [6, 6.07) is 13.3. The number of carbonyl (C=O) groups is 1. The van der Waals surface area contributed by atoms with Gasteiger partial charge >= 0.3 is 0 Å². The molecule has 132 valence electrons. The Morgan fingerprint density at radius 3 is 2.65 bits per heavy atom. The number of rotatable bonds is 3. The molecule has 1 aliphatic rings. The number of pyridine rings is 1. The summed E-state index contributed by atoms with van der Waals surface area (Å²) in [5.41, 5.74) is 3.62. The van der Waals surface area contributed by atoms with Gasteiger partial charge in [-0.1, -0.05) is 43.5 Å². The van der Waals surface area contributed by atoms with E-state index in [4.69, 9.17) is 0 Å². The minimum atomic E-state index is 0.0117. The van der Waals surface area contributed by atoms with Gasteiger partial charge in [0, 0.05) is 17.4 Å². The molecule has 1 aromatic heterocycles. The maximum absolute atomic E-state index is 12.7. The van der Waals surface area contributed by atoms with Crippen molar-refractivity contribution in [1.29, 1.82) is 0 Å². The number of aromatic nitrogens is 1. The average molecular weight is 344 g/mol. The van der Waals surface area contributed by atoms with E-state index in [2.05, 4.69) is 55.9 Å². The van der Waals surface area contributed by atoms with Crippen molar-refractivity contribution < 1.29 is 4.79 Å². The van der Waals surface area contributed by atoms with E-state index in [1.807, 2.05) is 42.5 Å². The molecular formula is C23H24N2O. The lowest BCUT2D eigenvalue weighted by Crippen LogP contribution is -2.16. The molecule has 0 radical (unpaired) electrons. The van der Waals surface area contributed by atoms with Gasteiger partial charge in [-0.2, -0.15) is 0 Å². The summed E-state index contributed by atoms with van der Waals surface area (Å²) < 4.78 is 0. The first-order chi connectivity index (χ1) is 12.4. The van der Waals surface area contributed by atoms with Crippen molar-refractivity contribution >= 4 is 11.6 Å². The number of hydrogen-bond acceptors (Lipinski definition) is 2. The van der Waals surface area contributed by atoms with Crippen molar-refractivity contribution in [2.45, 2.75) is 27.7 Å². The first-order valence-electron chi connectivity index (χ1n) is 8.87. The molecule has 1 amide bonds. The van der Waals surface area contributed by atoms with Crippen LogP contribution in [0.5, 0.6) is 0 Å². The van der Waals surface area contributed by atoms with Crippen molar-refractivity contribution in [3.8, 4) is 11.8 Å². The SMILES string of the molecule is CC(C)=C[C@H]1[C@@H](C(=O)Nc2cccc(C#Cc3ccccn3)c2)C1(C)C. The largest absolute Gasteiger partial charge is 0.326 e. The zero-order valence-corrected chi connectivity index (χ0v) is 15.7. The molecular weight excluding hydrogens is 320 g/mol. The fourth-order valence-electron chi connectivity index (χ4n) is 3.32. The first kappa shape index (κ1) is 17.9. The second-order valence-electron chi connectivity index (χ2n) is 7.60. The van der Waals surface area contributed by atoms with Crippen molar-refractivity contribution in [2.24, 2.45) is 17.3 Å². The zero-order valence-electron chi connectivity index (χ0n) is 15.7. The van der Waals surface area contributed by atoms with Crippen LogP contribution in [0.4, 0.5) is 5.69 Å². The van der Waals surface area contributed by atoms with Gasteiger partial charge in [0.05, 0.1) is 5.92 Å². The van der Waals surface area contributed by atoms with Crippen LogP contribution >= 0.6 is 0 Å². The number of carbonyl (C=O) groups excluding carboxylic acids is 1. The maximum Gasteiger partial charge on any atom is 0.228 e. The predicted molar refractivity (Wildman–Crippen MR) is 105 cm³/mol. The molecule has 1 N–H and O–H groups in total. The number of amides is 1. The monoisotopic (exact) mass is 344 g/mol. The lowest BCUT2D eigenvalue weighted by molar-refractivity contribution is -0.118. The van der Waals surface area contributed by atoms with E-state index >= 15 is 0 Å². The molecule has 0 saturated heterocycles. The lowest BCUT2D eigenvalue weighted by Gasteiger charge is -2.06. The molecule has 3 heteroatoms. The predicted octanol–water partition coefficient (Wildman–Crippen LogP) is 4.66. The van der Waals surface area contributed by atoms with Gasteiger partial charge in [-0.15, -0.1) is 0 Å². The summed E-state index contributed by atoms with van der Waals surface area (Å²) in [5.74, 6) is 6.53.